The standard InChI is InChI=1S/C48H95NO11S/c1-3-5-7-9-11-13-14-15-16-17-18-19-20-21-22-23-24-25-26-27-28-30-31-33-35-37-42(51)41(49-44(52)38-36-34-32-29-12-10-8-6-4-2)40-58-48-46(54)47(60-61(55,56)57)45(53)43(39-50)59-48/h41-43,45-48,50-51,53-54H,3-40H2,1-2H3,(H,49,52)(H,55,56,57). The third kappa shape index (κ3) is 32.4. The molecular formula is C48H95NO11S. The summed E-state index contributed by atoms with van der Waals surface area (Å²) in [5, 5.41) is 44.8. The van der Waals surface area contributed by atoms with Crippen LogP contribution in [0.25, 0.3) is 0 Å². The van der Waals surface area contributed by atoms with Gasteiger partial charge in [0.2, 0.25) is 5.91 Å². The van der Waals surface area contributed by atoms with Crippen molar-refractivity contribution in [3.05, 3.63) is 0 Å². The Morgan fingerprint density at radius 3 is 1.31 bits per heavy atom. The van der Waals surface area contributed by atoms with Crippen LogP contribution in [0.5, 0.6) is 0 Å². The maximum absolute atomic E-state index is 13.0. The normalized spacial score (nSPS) is 20.5. The van der Waals surface area contributed by atoms with Gasteiger partial charge in [-0.2, -0.15) is 8.42 Å². The van der Waals surface area contributed by atoms with E-state index >= 15 is 0 Å². The van der Waals surface area contributed by atoms with E-state index in [4.69, 9.17) is 9.47 Å². The van der Waals surface area contributed by atoms with E-state index in [0.29, 0.717) is 12.8 Å². The maximum Gasteiger partial charge on any atom is 0.397 e. The average Bonchev–Trinajstić information content (AvgIpc) is 3.23. The molecule has 1 aliphatic rings. The first-order valence-electron chi connectivity index (χ1n) is 25.4. The molecule has 0 spiro atoms. The van der Waals surface area contributed by atoms with Gasteiger partial charge in [0.15, 0.2) is 6.29 Å². The number of nitrogens with one attached hydrogen (secondary N) is 1. The van der Waals surface area contributed by atoms with E-state index in [-0.39, 0.29) is 12.5 Å². The van der Waals surface area contributed by atoms with Crippen LogP contribution in [0.1, 0.15) is 245 Å². The van der Waals surface area contributed by atoms with E-state index in [2.05, 4.69) is 23.3 Å². The van der Waals surface area contributed by atoms with Crippen molar-refractivity contribution < 1.29 is 51.8 Å². The highest BCUT2D eigenvalue weighted by Gasteiger charge is 2.48. The fourth-order valence-corrected chi connectivity index (χ4v) is 8.97. The summed E-state index contributed by atoms with van der Waals surface area (Å²) >= 11 is 0. The minimum Gasteiger partial charge on any atom is -0.394 e. The molecule has 0 radical (unpaired) electrons. The van der Waals surface area contributed by atoms with Crippen LogP contribution in [0.3, 0.4) is 0 Å². The van der Waals surface area contributed by atoms with Crippen LogP contribution in [0.4, 0.5) is 0 Å². The topological polar surface area (TPSA) is 192 Å². The van der Waals surface area contributed by atoms with Crippen LogP contribution in [0, 0.1) is 0 Å². The van der Waals surface area contributed by atoms with Crippen LogP contribution in [0.2, 0.25) is 0 Å². The lowest BCUT2D eigenvalue weighted by Crippen LogP contribution is -2.61. The summed E-state index contributed by atoms with van der Waals surface area (Å²) in [7, 11) is -5.07. The van der Waals surface area contributed by atoms with E-state index in [1.165, 1.54) is 167 Å². The Balaban J connectivity index is 2.31. The number of rotatable bonds is 44. The van der Waals surface area contributed by atoms with Crippen molar-refractivity contribution in [2.75, 3.05) is 13.2 Å². The number of carbonyl (C=O) groups excluding carboxylic acids is 1. The molecule has 1 rings (SSSR count). The predicted octanol–water partition coefficient (Wildman–Crippen LogP) is 10.6. The molecule has 1 heterocycles. The molecule has 6 N–H and O–H groups in total. The molecule has 13 heteroatoms. The van der Waals surface area contributed by atoms with E-state index in [9.17, 15) is 38.2 Å². The summed E-state index contributed by atoms with van der Waals surface area (Å²) in [5.74, 6) is -0.230. The lowest BCUT2D eigenvalue weighted by atomic mass is 9.99. The van der Waals surface area contributed by atoms with Gasteiger partial charge in [0.1, 0.15) is 24.4 Å². The van der Waals surface area contributed by atoms with Crippen LogP contribution in [-0.2, 0) is 28.9 Å². The Bertz CT molecular complexity index is 1100. The van der Waals surface area contributed by atoms with Crippen molar-refractivity contribution in [1.29, 1.82) is 0 Å². The molecule has 0 aliphatic carbocycles. The minimum atomic E-state index is -5.07. The number of carbonyl (C=O) groups is 1. The summed E-state index contributed by atoms with van der Waals surface area (Å²) in [6, 6.07) is -0.850. The number of aliphatic hydroxyl groups is 4. The first-order valence-corrected chi connectivity index (χ1v) is 26.8. The third-order valence-corrected chi connectivity index (χ3v) is 12.9. The van der Waals surface area contributed by atoms with Crippen LogP contribution in [-0.4, -0.2) is 95.4 Å². The van der Waals surface area contributed by atoms with Gasteiger partial charge in [-0.15, -0.1) is 0 Å². The molecule has 1 fully saturated rings. The average molecular weight is 894 g/mol. The van der Waals surface area contributed by atoms with Gasteiger partial charge in [-0.3, -0.25) is 9.35 Å². The largest absolute Gasteiger partial charge is 0.397 e. The van der Waals surface area contributed by atoms with E-state index in [0.717, 1.165) is 51.4 Å². The Hall–Kier alpha value is -0.900. The zero-order valence-electron chi connectivity index (χ0n) is 39.0. The second-order valence-corrected chi connectivity index (χ2v) is 19.2. The van der Waals surface area contributed by atoms with Gasteiger partial charge in [0.25, 0.3) is 0 Å². The zero-order valence-corrected chi connectivity index (χ0v) is 39.8. The van der Waals surface area contributed by atoms with Gasteiger partial charge >= 0.3 is 10.4 Å². The predicted molar refractivity (Wildman–Crippen MR) is 246 cm³/mol. The Morgan fingerprint density at radius 2 is 0.951 bits per heavy atom. The molecule has 1 amide bonds. The van der Waals surface area contributed by atoms with E-state index in [1.54, 1.807) is 0 Å². The minimum absolute atomic E-state index is 0.230. The highest BCUT2D eigenvalue weighted by molar-refractivity contribution is 7.80. The molecule has 1 saturated heterocycles. The highest BCUT2D eigenvalue weighted by atomic mass is 32.3. The number of unbranched alkanes of at least 4 members (excludes halogenated alkanes) is 32. The SMILES string of the molecule is CCCCCCCCCCCCCCCCCCCCCCCCCCCC(O)C(COC1OC(CO)C(O)C(OS(=O)(=O)O)C1O)NC(=O)CCCCCCCCCCC. The van der Waals surface area contributed by atoms with Gasteiger partial charge in [0.05, 0.1) is 25.4 Å². The van der Waals surface area contributed by atoms with Gasteiger partial charge in [-0.25, -0.2) is 4.18 Å². The first-order chi connectivity index (χ1) is 29.5. The van der Waals surface area contributed by atoms with Crippen molar-refractivity contribution >= 4 is 16.3 Å². The summed E-state index contributed by atoms with van der Waals surface area (Å²) in [6.07, 6.45) is 34.2. The smallest absolute Gasteiger partial charge is 0.394 e. The Kier molecular flexibility index (Phi) is 37.6. The van der Waals surface area contributed by atoms with E-state index < -0.39 is 59.9 Å². The molecule has 0 aromatic heterocycles. The second kappa shape index (κ2) is 39.5. The maximum atomic E-state index is 13.0. The summed E-state index contributed by atoms with van der Waals surface area (Å²) in [4.78, 5) is 13.0. The molecule has 61 heavy (non-hydrogen) atoms. The van der Waals surface area contributed by atoms with Crippen molar-refractivity contribution in [1.82, 2.24) is 5.32 Å². The molecule has 12 nitrogen and oxygen atoms in total. The number of hydrogen-bond acceptors (Lipinski definition) is 10. The molecule has 0 saturated carbocycles. The van der Waals surface area contributed by atoms with Crippen LogP contribution in [0.15, 0.2) is 0 Å². The number of aliphatic hydroxyl groups excluding tert-OH is 4. The molecule has 364 valence electrons. The molecule has 0 bridgehead atoms. The quantitative estimate of drug-likeness (QED) is 0.0252. The zero-order chi connectivity index (χ0) is 44.8. The first kappa shape index (κ1) is 58.1. The lowest BCUT2D eigenvalue weighted by Gasteiger charge is -2.41. The molecule has 7 unspecified atom stereocenters. The molecule has 1 aliphatic heterocycles. The van der Waals surface area contributed by atoms with Gasteiger partial charge in [-0.05, 0) is 12.8 Å². The van der Waals surface area contributed by atoms with Crippen molar-refractivity contribution in [2.24, 2.45) is 0 Å². The van der Waals surface area contributed by atoms with E-state index in [1.807, 2.05) is 0 Å². The van der Waals surface area contributed by atoms with Gasteiger partial charge < -0.3 is 35.2 Å². The summed E-state index contributed by atoms with van der Waals surface area (Å²) in [5.41, 5.74) is 0. The number of ether oxygens (including phenoxy) is 2. The molecule has 0 aromatic rings. The second-order valence-electron chi connectivity index (χ2n) is 18.1. The van der Waals surface area contributed by atoms with Crippen LogP contribution >= 0.6 is 0 Å². The molecule has 0 aromatic carbocycles. The summed E-state index contributed by atoms with van der Waals surface area (Å²) in [6.45, 7) is 3.44. The van der Waals surface area contributed by atoms with Crippen molar-refractivity contribution in [3.63, 3.8) is 0 Å². The number of amides is 1. The molecular weight excluding hydrogens is 799 g/mol. The number of hydrogen-bond donors (Lipinski definition) is 6. The fraction of sp³-hybridized carbons (Fsp3) is 0.979. The highest BCUT2D eigenvalue weighted by Crippen LogP contribution is 2.26. The summed E-state index contributed by atoms with van der Waals surface area (Å²) < 4.78 is 47.6. The fourth-order valence-electron chi connectivity index (χ4n) is 8.46. The van der Waals surface area contributed by atoms with Crippen molar-refractivity contribution in [3.8, 4) is 0 Å². The third-order valence-electron chi connectivity index (χ3n) is 12.4. The Morgan fingerprint density at radius 1 is 0.590 bits per heavy atom. The van der Waals surface area contributed by atoms with Gasteiger partial charge in [-0.1, -0.05) is 226 Å². The van der Waals surface area contributed by atoms with Gasteiger partial charge in [0, 0.05) is 6.42 Å². The monoisotopic (exact) mass is 894 g/mol. The van der Waals surface area contributed by atoms with Crippen molar-refractivity contribution in [2.45, 2.75) is 288 Å². The van der Waals surface area contributed by atoms with Crippen LogP contribution < -0.4 is 5.32 Å². The molecule has 7 atom stereocenters. The lowest BCUT2D eigenvalue weighted by molar-refractivity contribution is -0.298. The Labute approximate surface area is 373 Å².